The van der Waals surface area contributed by atoms with Crippen molar-refractivity contribution in [1.29, 1.82) is 0 Å². The highest BCUT2D eigenvalue weighted by Gasteiger charge is 2.47. The lowest BCUT2D eigenvalue weighted by Gasteiger charge is -2.51. The summed E-state index contributed by atoms with van der Waals surface area (Å²) < 4.78 is 54.5. The van der Waals surface area contributed by atoms with E-state index in [4.69, 9.17) is 11.6 Å². The normalized spacial score (nSPS) is 21.1. The lowest BCUT2D eigenvalue weighted by molar-refractivity contribution is -0.0891. The number of benzene rings is 1. The summed E-state index contributed by atoms with van der Waals surface area (Å²) in [7, 11) is -3.28. The molecule has 0 radical (unpaired) electrons. The first-order valence-corrected chi connectivity index (χ1v) is 13.8. The van der Waals surface area contributed by atoms with Crippen molar-refractivity contribution in [3.05, 3.63) is 33.8 Å². The zero-order valence-electron chi connectivity index (χ0n) is 20.2. The third-order valence-electron chi connectivity index (χ3n) is 7.27. The maximum absolute atomic E-state index is 14.0. The van der Waals surface area contributed by atoms with Crippen LogP contribution in [0, 0.1) is 13.8 Å². The van der Waals surface area contributed by atoms with E-state index in [1.807, 2.05) is 20.8 Å². The molecule has 3 rings (SSSR count). The van der Waals surface area contributed by atoms with Gasteiger partial charge in [0.1, 0.15) is 0 Å². The van der Waals surface area contributed by atoms with Gasteiger partial charge in [-0.05, 0) is 62.8 Å². The minimum Gasteiger partial charge on any atom is -0.295 e. The van der Waals surface area contributed by atoms with Crippen LogP contribution in [0.3, 0.4) is 0 Å². The van der Waals surface area contributed by atoms with Crippen molar-refractivity contribution in [2.45, 2.75) is 77.2 Å². The predicted molar refractivity (Wildman–Crippen MR) is 135 cm³/mol. The topological polar surface area (TPSA) is 57.7 Å². The van der Waals surface area contributed by atoms with E-state index in [9.17, 15) is 22.0 Å². The van der Waals surface area contributed by atoms with Crippen molar-refractivity contribution in [2.24, 2.45) is 0 Å². The van der Waals surface area contributed by atoms with Crippen molar-refractivity contribution >= 4 is 39.8 Å². The summed E-state index contributed by atoms with van der Waals surface area (Å²) in [4.78, 5) is 15.3. The van der Waals surface area contributed by atoms with Crippen LogP contribution in [0.5, 0.6) is 0 Å². The van der Waals surface area contributed by atoms with Crippen LogP contribution in [0.2, 0.25) is 5.02 Å². The number of alkyl halides is 2. The second-order valence-electron chi connectivity index (χ2n) is 9.62. The average Bonchev–Trinajstić information content (AvgIpc) is 2.73. The lowest BCUT2D eigenvalue weighted by atomic mass is 9.74. The number of aryl methyl sites for hydroxylation is 2. The van der Waals surface area contributed by atoms with Gasteiger partial charge in [0.25, 0.3) is 0 Å². The summed E-state index contributed by atoms with van der Waals surface area (Å²) in [6.45, 7) is 7.29. The van der Waals surface area contributed by atoms with Crippen LogP contribution in [0.25, 0.3) is 0 Å². The van der Waals surface area contributed by atoms with E-state index in [1.54, 1.807) is 12.1 Å². The van der Waals surface area contributed by atoms with E-state index in [1.165, 1.54) is 4.31 Å². The van der Waals surface area contributed by atoms with Crippen molar-refractivity contribution in [2.75, 3.05) is 31.9 Å². The first-order valence-electron chi connectivity index (χ1n) is 11.8. The Bertz CT molecular complexity index is 947. The molecule has 0 bridgehead atoms. The smallest absolute Gasteiger partial charge is 0.248 e. The van der Waals surface area contributed by atoms with Crippen LogP contribution in [0.1, 0.15) is 73.4 Å². The number of halogens is 4. The van der Waals surface area contributed by atoms with Crippen molar-refractivity contribution in [1.82, 2.24) is 9.21 Å². The largest absolute Gasteiger partial charge is 0.295 e. The predicted octanol–water partition coefficient (Wildman–Crippen LogP) is 5.65. The first kappa shape index (κ1) is 29.4. The fraction of sp³-hybridized carbons (Fsp3) is 0.708. The number of Topliss-reactive ketones (excluding diaryl/α,β-unsaturated/α-hetero) is 1. The van der Waals surface area contributed by atoms with Crippen LogP contribution in [-0.4, -0.2) is 66.8 Å². The van der Waals surface area contributed by atoms with Gasteiger partial charge in [-0.1, -0.05) is 18.5 Å². The Kier molecular flexibility index (Phi) is 9.96. The standard InChI is InChI=1S/C24H35ClF2N2O3S.ClH/c1-4-15-33(31,32)29-13-11-28(12-14-29)23(7-9-24(26,27)10-8-23)6-5-21(30)22-18(2)16-20(25)17-19(22)3;/h16-17H,4-15H2,1-3H3;1H. The maximum Gasteiger partial charge on any atom is 0.248 e. The summed E-state index contributed by atoms with van der Waals surface area (Å²) in [5.74, 6) is -2.55. The molecule has 1 aromatic carbocycles. The molecule has 1 aromatic rings. The molecule has 34 heavy (non-hydrogen) atoms. The molecule has 0 unspecified atom stereocenters. The molecule has 5 nitrogen and oxygen atoms in total. The molecule has 10 heteroatoms. The van der Waals surface area contributed by atoms with Gasteiger partial charge in [-0.15, -0.1) is 12.4 Å². The fourth-order valence-corrected chi connectivity index (χ4v) is 7.28. The zero-order valence-corrected chi connectivity index (χ0v) is 22.6. The number of ketones is 1. The molecule has 2 aliphatic rings. The Hall–Kier alpha value is -0.800. The number of rotatable bonds is 8. The molecule has 0 atom stereocenters. The monoisotopic (exact) mass is 540 g/mol. The zero-order chi connectivity index (χ0) is 24.4. The molecule has 1 heterocycles. The molecule has 1 aliphatic carbocycles. The molecular formula is C24H36Cl2F2N2O3S. The number of hydrogen-bond acceptors (Lipinski definition) is 4. The Labute approximate surface area is 213 Å². The highest BCUT2D eigenvalue weighted by atomic mass is 35.5. The molecule has 1 aliphatic heterocycles. The summed E-state index contributed by atoms with van der Waals surface area (Å²) in [5, 5.41) is 0.587. The van der Waals surface area contributed by atoms with Gasteiger partial charge in [-0.25, -0.2) is 17.2 Å². The molecule has 1 saturated heterocycles. The highest BCUT2D eigenvalue weighted by molar-refractivity contribution is 7.89. The summed E-state index contributed by atoms with van der Waals surface area (Å²) in [6.07, 6.45) is 1.55. The van der Waals surface area contributed by atoms with Gasteiger partial charge in [0.15, 0.2) is 5.78 Å². The van der Waals surface area contributed by atoms with E-state index in [0.717, 1.165) is 11.1 Å². The van der Waals surface area contributed by atoms with Gasteiger partial charge < -0.3 is 0 Å². The number of nitrogens with zero attached hydrogens (tertiary/aromatic N) is 2. The number of sulfonamides is 1. The molecule has 0 aromatic heterocycles. The van der Waals surface area contributed by atoms with Crippen molar-refractivity contribution < 1.29 is 22.0 Å². The molecule has 0 N–H and O–H groups in total. The molecule has 194 valence electrons. The Morgan fingerprint density at radius 1 is 1.03 bits per heavy atom. The van der Waals surface area contributed by atoms with E-state index >= 15 is 0 Å². The van der Waals surface area contributed by atoms with E-state index in [-0.39, 0.29) is 43.2 Å². The van der Waals surface area contributed by atoms with Gasteiger partial charge in [0, 0.05) is 61.6 Å². The third-order valence-corrected chi connectivity index (χ3v) is 9.57. The number of carbonyl (C=O) groups excluding carboxylic acids is 1. The number of piperazine rings is 1. The maximum atomic E-state index is 14.0. The van der Waals surface area contributed by atoms with Crippen molar-refractivity contribution in [3.8, 4) is 0 Å². The van der Waals surface area contributed by atoms with Gasteiger partial charge >= 0.3 is 0 Å². The van der Waals surface area contributed by atoms with Gasteiger partial charge in [0.05, 0.1) is 5.75 Å². The molecule has 0 spiro atoms. The van der Waals surface area contributed by atoms with Gasteiger partial charge in [-0.3, -0.25) is 9.69 Å². The fourth-order valence-electron chi connectivity index (χ4n) is 5.45. The number of carbonyl (C=O) groups is 1. The Morgan fingerprint density at radius 3 is 2.06 bits per heavy atom. The lowest BCUT2D eigenvalue weighted by Crippen LogP contribution is -2.60. The SMILES string of the molecule is CCCS(=O)(=O)N1CCN(C2(CCC(=O)c3c(C)cc(Cl)cc3C)CCC(F)(F)CC2)CC1.Cl. The third kappa shape index (κ3) is 6.69. The van der Waals surface area contributed by atoms with Crippen LogP contribution >= 0.6 is 24.0 Å². The molecule has 2 fully saturated rings. The van der Waals surface area contributed by atoms with Gasteiger partial charge in [-0.2, -0.15) is 4.31 Å². The summed E-state index contributed by atoms with van der Waals surface area (Å²) in [5.41, 5.74) is 1.80. The average molecular weight is 542 g/mol. The van der Waals surface area contributed by atoms with Crippen LogP contribution in [0.4, 0.5) is 8.78 Å². The second-order valence-corrected chi connectivity index (χ2v) is 12.1. The van der Waals surface area contributed by atoms with E-state index in [2.05, 4.69) is 4.90 Å². The Balaban J connectivity index is 0.00000408. The quantitative estimate of drug-likeness (QED) is 0.400. The van der Waals surface area contributed by atoms with Gasteiger partial charge in [0.2, 0.25) is 15.9 Å². The van der Waals surface area contributed by atoms with E-state index in [0.29, 0.717) is 62.4 Å². The summed E-state index contributed by atoms with van der Waals surface area (Å²) in [6, 6.07) is 3.55. The van der Waals surface area contributed by atoms with Crippen LogP contribution < -0.4 is 0 Å². The highest BCUT2D eigenvalue weighted by Crippen LogP contribution is 2.44. The first-order chi connectivity index (χ1) is 15.4. The van der Waals surface area contributed by atoms with Crippen LogP contribution in [-0.2, 0) is 10.0 Å². The molecule has 0 amide bonds. The van der Waals surface area contributed by atoms with Crippen LogP contribution in [0.15, 0.2) is 12.1 Å². The number of hydrogen-bond donors (Lipinski definition) is 0. The van der Waals surface area contributed by atoms with E-state index < -0.39 is 21.5 Å². The minimum absolute atomic E-state index is 0. The minimum atomic E-state index is -3.28. The second kappa shape index (κ2) is 11.5. The Morgan fingerprint density at radius 2 is 1.56 bits per heavy atom. The molecule has 1 saturated carbocycles. The summed E-state index contributed by atoms with van der Waals surface area (Å²) >= 11 is 6.10. The molecular weight excluding hydrogens is 505 g/mol. The van der Waals surface area contributed by atoms with Crippen molar-refractivity contribution in [3.63, 3.8) is 0 Å².